The summed E-state index contributed by atoms with van der Waals surface area (Å²) in [7, 11) is 0. The van der Waals surface area contributed by atoms with E-state index in [-0.39, 0.29) is 11.5 Å². The Morgan fingerprint density at radius 3 is 2.55 bits per heavy atom. The Morgan fingerprint density at radius 1 is 1.12 bits per heavy atom. The molecule has 1 amide bonds. The lowest BCUT2D eigenvalue weighted by molar-refractivity contribution is -0.112. The SMILES string of the molecule is Cc1cccc2c1/C(=C\c1c(Cl)cccc1C1CCC1)C(=O)N2c1ccc(C(=O)O)c(O)c1. The summed E-state index contributed by atoms with van der Waals surface area (Å²) < 4.78 is 0. The number of aryl methyl sites for hydroxylation is 1. The Labute approximate surface area is 196 Å². The van der Waals surface area contributed by atoms with Crippen LogP contribution >= 0.6 is 11.6 Å². The van der Waals surface area contributed by atoms with Crippen LogP contribution < -0.4 is 4.90 Å². The van der Waals surface area contributed by atoms with Gasteiger partial charge in [-0.1, -0.05) is 42.3 Å². The number of aromatic carboxylic acids is 1. The van der Waals surface area contributed by atoms with E-state index in [0.717, 1.165) is 35.1 Å². The molecule has 33 heavy (non-hydrogen) atoms. The first-order valence-electron chi connectivity index (χ1n) is 10.9. The van der Waals surface area contributed by atoms with E-state index in [1.54, 1.807) is 0 Å². The lowest BCUT2D eigenvalue weighted by Gasteiger charge is -2.27. The molecule has 1 aliphatic carbocycles. The number of anilines is 2. The Bertz CT molecular complexity index is 1340. The molecule has 5 nitrogen and oxygen atoms in total. The summed E-state index contributed by atoms with van der Waals surface area (Å²) >= 11 is 6.61. The Balaban J connectivity index is 1.67. The topological polar surface area (TPSA) is 77.8 Å². The van der Waals surface area contributed by atoms with Crippen LogP contribution in [0.2, 0.25) is 5.02 Å². The number of nitrogens with zero attached hydrogens (tertiary/aromatic N) is 1. The predicted molar refractivity (Wildman–Crippen MR) is 129 cm³/mol. The van der Waals surface area contributed by atoms with Gasteiger partial charge in [-0.2, -0.15) is 0 Å². The predicted octanol–water partition coefficient (Wildman–Crippen LogP) is 6.54. The third-order valence-corrected chi connectivity index (χ3v) is 6.91. The quantitative estimate of drug-likeness (QED) is 0.434. The number of rotatable bonds is 4. The van der Waals surface area contributed by atoms with Crippen molar-refractivity contribution in [3.05, 3.63) is 87.4 Å². The first kappa shape index (κ1) is 21.3. The number of carboxylic acid groups (broad SMARTS) is 1. The van der Waals surface area contributed by atoms with Gasteiger partial charge in [-0.05, 0) is 72.7 Å². The molecule has 1 fully saturated rings. The molecule has 166 valence electrons. The zero-order valence-corrected chi connectivity index (χ0v) is 18.8. The van der Waals surface area contributed by atoms with Crippen molar-refractivity contribution in [2.24, 2.45) is 0 Å². The summed E-state index contributed by atoms with van der Waals surface area (Å²) in [4.78, 5) is 26.6. The number of carboxylic acids is 1. The van der Waals surface area contributed by atoms with E-state index in [1.165, 1.54) is 29.5 Å². The molecule has 6 heteroatoms. The molecule has 5 rings (SSSR count). The number of phenols is 1. The van der Waals surface area contributed by atoms with Gasteiger partial charge in [-0.25, -0.2) is 4.79 Å². The highest BCUT2D eigenvalue weighted by Crippen LogP contribution is 2.46. The van der Waals surface area contributed by atoms with Gasteiger partial charge in [0, 0.05) is 16.7 Å². The number of carbonyl (C=O) groups excluding carboxylic acids is 1. The number of halogens is 1. The van der Waals surface area contributed by atoms with Gasteiger partial charge >= 0.3 is 5.97 Å². The van der Waals surface area contributed by atoms with Crippen molar-refractivity contribution in [1.82, 2.24) is 0 Å². The highest BCUT2D eigenvalue weighted by atomic mass is 35.5. The fraction of sp³-hybridized carbons (Fsp3) is 0.185. The van der Waals surface area contributed by atoms with E-state index in [4.69, 9.17) is 11.6 Å². The van der Waals surface area contributed by atoms with E-state index >= 15 is 0 Å². The van der Waals surface area contributed by atoms with Crippen molar-refractivity contribution in [2.45, 2.75) is 32.1 Å². The summed E-state index contributed by atoms with van der Waals surface area (Å²) in [5, 5.41) is 20.1. The van der Waals surface area contributed by atoms with Gasteiger partial charge < -0.3 is 10.2 Å². The van der Waals surface area contributed by atoms with E-state index in [1.807, 2.05) is 43.3 Å². The third kappa shape index (κ3) is 3.49. The zero-order valence-electron chi connectivity index (χ0n) is 18.0. The molecular weight excluding hydrogens is 438 g/mol. The van der Waals surface area contributed by atoms with Crippen molar-refractivity contribution in [1.29, 1.82) is 0 Å². The average molecular weight is 460 g/mol. The summed E-state index contributed by atoms with van der Waals surface area (Å²) in [5.74, 6) is -1.43. The monoisotopic (exact) mass is 459 g/mol. The maximum absolute atomic E-state index is 13.7. The molecule has 0 atom stereocenters. The maximum Gasteiger partial charge on any atom is 0.339 e. The lowest BCUT2D eigenvalue weighted by atomic mass is 9.78. The van der Waals surface area contributed by atoms with Crippen LogP contribution in [-0.2, 0) is 4.79 Å². The number of hydrogen-bond acceptors (Lipinski definition) is 3. The van der Waals surface area contributed by atoms with Gasteiger partial charge in [0.2, 0.25) is 0 Å². The number of carbonyl (C=O) groups is 2. The van der Waals surface area contributed by atoms with Crippen LogP contribution in [0.1, 0.15) is 57.8 Å². The molecule has 1 heterocycles. The van der Waals surface area contributed by atoms with Crippen molar-refractivity contribution in [3.63, 3.8) is 0 Å². The van der Waals surface area contributed by atoms with Crippen LogP contribution in [0.4, 0.5) is 11.4 Å². The molecule has 2 N–H and O–H groups in total. The molecular formula is C27H22ClNO4. The number of benzene rings is 3. The second-order valence-electron chi connectivity index (χ2n) is 8.54. The van der Waals surface area contributed by atoms with Crippen molar-refractivity contribution < 1.29 is 19.8 Å². The fourth-order valence-electron chi connectivity index (χ4n) is 4.68. The highest BCUT2D eigenvalue weighted by Gasteiger charge is 2.35. The van der Waals surface area contributed by atoms with Gasteiger partial charge in [0.25, 0.3) is 5.91 Å². The first-order valence-corrected chi connectivity index (χ1v) is 11.3. The first-order chi connectivity index (χ1) is 15.9. The van der Waals surface area contributed by atoms with Gasteiger partial charge in [0.05, 0.1) is 16.9 Å². The Morgan fingerprint density at radius 2 is 1.88 bits per heavy atom. The van der Waals surface area contributed by atoms with Crippen molar-refractivity contribution in [2.75, 3.05) is 4.90 Å². The third-order valence-electron chi connectivity index (χ3n) is 6.58. The average Bonchev–Trinajstić information content (AvgIpc) is 3.01. The minimum Gasteiger partial charge on any atom is -0.507 e. The van der Waals surface area contributed by atoms with E-state index in [2.05, 4.69) is 6.07 Å². The Hall–Kier alpha value is -3.57. The van der Waals surface area contributed by atoms with Gasteiger partial charge in [-0.3, -0.25) is 9.69 Å². The lowest BCUT2D eigenvalue weighted by Crippen LogP contribution is -2.20. The van der Waals surface area contributed by atoms with E-state index < -0.39 is 11.7 Å². The standard InChI is InChI=1S/C27H22ClNO4/c1-15-5-2-10-23-25(15)21(14-20-18(16-6-3-7-16)8-4-9-22(20)28)26(31)29(23)17-11-12-19(27(32)33)24(30)13-17/h2,4-5,8-14,16,30H,3,6-7H2,1H3,(H,32,33)/b21-14+. The number of amides is 1. The van der Waals surface area contributed by atoms with Gasteiger partial charge in [-0.15, -0.1) is 0 Å². The Kier molecular flexibility index (Phi) is 5.22. The molecule has 2 aliphatic rings. The number of fused-ring (bicyclic) bond motifs is 1. The number of hydrogen-bond donors (Lipinski definition) is 2. The molecule has 3 aromatic carbocycles. The van der Waals surface area contributed by atoms with Crippen molar-refractivity contribution >= 4 is 46.5 Å². The van der Waals surface area contributed by atoms with Crippen LogP contribution in [-0.4, -0.2) is 22.1 Å². The molecule has 0 radical (unpaired) electrons. The molecule has 1 aliphatic heterocycles. The summed E-state index contributed by atoms with van der Waals surface area (Å²) in [5.41, 5.74) is 5.17. The highest BCUT2D eigenvalue weighted by molar-refractivity contribution is 6.39. The number of aromatic hydroxyl groups is 1. The van der Waals surface area contributed by atoms with Crippen LogP contribution in [0.3, 0.4) is 0 Å². The second-order valence-corrected chi connectivity index (χ2v) is 8.95. The normalized spacial score (nSPS) is 16.7. The van der Waals surface area contributed by atoms with Gasteiger partial charge in [0.15, 0.2) is 0 Å². The van der Waals surface area contributed by atoms with E-state index in [0.29, 0.717) is 27.9 Å². The molecule has 0 spiro atoms. The van der Waals surface area contributed by atoms with Crippen LogP contribution in [0, 0.1) is 6.92 Å². The minimum absolute atomic E-state index is 0.216. The van der Waals surface area contributed by atoms with Crippen LogP contribution in [0.25, 0.3) is 11.6 Å². The zero-order chi connectivity index (χ0) is 23.3. The molecule has 0 unspecified atom stereocenters. The molecule has 1 saturated carbocycles. The van der Waals surface area contributed by atoms with Gasteiger partial charge in [0.1, 0.15) is 11.3 Å². The molecule has 0 aromatic heterocycles. The summed E-state index contributed by atoms with van der Waals surface area (Å²) in [6.07, 6.45) is 5.30. The molecule has 3 aromatic rings. The second kappa shape index (κ2) is 8.09. The van der Waals surface area contributed by atoms with Crippen LogP contribution in [0.5, 0.6) is 5.75 Å². The smallest absolute Gasteiger partial charge is 0.339 e. The molecule has 0 bridgehead atoms. The summed E-state index contributed by atoms with van der Waals surface area (Å²) in [6, 6.07) is 15.7. The summed E-state index contributed by atoms with van der Waals surface area (Å²) in [6.45, 7) is 1.95. The molecule has 0 saturated heterocycles. The maximum atomic E-state index is 13.7. The van der Waals surface area contributed by atoms with E-state index in [9.17, 15) is 19.8 Å². The van der Waals surface area contributed by atoms with Crippen LogP contribution in [0.15, 0.2) is 54.6 Å². The fourth-order valence-corrected chi connectivity index (χ4v) is 4.92. The minimum atomic E-state index is -1.23. The largest absolute Gasteiger partial charge is 0.507 e. The van der Waals surface area contributed by atoms with Crippen molar-refractivity contribution in [3.8, 4) is 5.75 Å².